The standard InChI is InChI=1S/C14H24N2O3/c1-10-2-4-14(5-3-10,13(18)19)9-16-12(17)6-11-7-15-8-11/h10-11,15H,2-9H2,1H3,(H,16,17)(H,18,19). The molecular weight excluding hydrogens is 244 g/mol. The van der Waals surface area contributed by atoms with Gasteiger partial charge >= 0.3 is 5.97 Å². The lowest BCUT2D eigenvalue weighted by Crippen LogP contribution is -2.48. The van der Waals surface area contributed by atoms with Crippen molar-refractivity contribution in [3.63, 3.8) is 0 Å². The van der Waals surface area contributed by atoms with Gasteiger partial charge in [-0.3, -0.25) is 9.59 Å². The maximum atomic E-state index is 11.8. The van der Waals surface area contributed by atoms with E-state index in [1.807, 2.05) is 0 Å². The van der Waals surface area contributed by atoms with E-state index in [4.69, 9.17) is 0 Å². The van der Waals surface area contributed by atoms with Gasteiger partial charge in [0.15, 0.2) is 0 Å². The second kappa shape index (κ2) is 5.90. The molecule has 0 unspecified atom stereocenters. The SMILES string of the molecule is CC1CCC(CNC(=O)CC2CNC2)(C(=O)O)CC1. The van der Waals surface area contributed by atoms with Crippen molar-refractivity contribution in [2.45, 2.75) is 39.0 Å². The molecule has 2 rings (SSSR count). The smallest absolute Gasteiger partial charge is 0.311 e. The van der Waals surface area contributed by atoms with Crippen LogP contribution in [0.3, 0.4) is 0 Å². The third-order valence-corrected chi connectivity index (χ3v) is 4.65. The summed E-state index contributed by atoms with van der Waals surface area (Å²) in [4.78, 5) is 23.3. The average Bonchev–Trinajstić information content (AvgIpc) is 2.33. The van der Waals surface area contributed by atoms with Crippen LogP contribution in [-0.2, 0) is 9.59 Å². The minimum absolute atomic E-state index is 0.00857. The maximum Gasteiger partial charge on any atom is 0.311 e. The fourth-order valence-corrected chi connectivity index (χ4v) is 2.88. The highest BCUT2D eigenvalue weighted by atomic mass is 16.4. The zero-order valence-corrected chi connectivity index (χ0v) is 11.6. The highest BCUT2D eigenvalue weighted by Gasteiger charge is 2.41. The van der Waals surface area contributed by atoms with Crippen LogP contribution in [0.2, 0.25) is 0 Å². The molecule has 1 aliphatic heterocycles. The first-order valence-electron chi connectivity index (χ1n) is 7.23. The van der Waals surface area contributed by atoms with Gasteiger partial charge < -0.3 is 15.7 Å². The molecule has 2 fully saturated rings. The summed E-state index contributed by atoms with van der Waals surface area (Å²) in [7, 11) is 0. The minimum atomic E-state index is -0.759. The summed E-state index contributed by atoms with van der Waals surface area (Å²) in [6.45, 7) is 4.24. The van der Waals surface area contributed by atoms with Crippen LogP contribution in [-0.4, -0.2) is 36.6 Å². The number of nitrogens with one attached hydrogen (secondary N) is 2. The van der Waals surface area contributed by atoms with Crippen LogP contribution in [0.15, 0.2) is 0 Å². The number of carbonyl (C=O) groups is 2. The molecule has 3 N–H and O–H groups in total. The summed E-state index contributed by atoms with van der Waals surface area (Å²) in [5.41, 5.74) is -0.736. The summed E-state index contributed by atoms with van der Waals surface area (Å²) in [5, 5.41) is 15.4. The van der Waals surface area contributed by atoms with E-state index in [2.05, 4.69) is 17.6 Å². The normalized spacial score (nSPS) is 31.5. The number of carboxylic acid groups (broad SMARTS) is 1. The molecule has 0 aromatic carbocycles. The fraction of sp³-hybridized carbons (Fsp3) is 0.857. The lowest BCUT2D eigenvalue weighted by Gasteiger charge is -2.36. The molecule has 0 aromatic rings. The molecule has 1 saturated carbocycles. The highest BCUT2D eigenvalue weighted by molar-refractivity contribution is 5.79. The Hall–Kier alpha value is -1.10. The number of hydrogen-bond donors (Lipinski definition) is 3. The largest absolute Gasteiger partial charge is 0.481 e. The molecule has 19 heavy (non-hydrogen) atoms. The van der Waals surface area contributed by atoms with Crippen molar-refractivity contribution >= 4 is 11.9 Å². The number of amides is 1. The molecule has 0 aromatic heterocycles. The van der Waals surface area contributed by atoms with Gasteiger partial charge in [-0.15, -0.1) is 0 Å². The van der Waals surface area contributed by atoms with Crippen molar-refractivity contribution in [2.24, 2.45) is 17.3 Å². The first kappa shape index (κ1) is 14.3. The van der Waals surface area contributed by atoms with E-state index >= 15 is 0 Å². The lowest BCUT2D eigenvalue weighted by atomic mass is 9.71. The van der Waals surface area contributed by atoms with Crippen molar-refractivity contribution in [1.82, 2.24) is 10.6 Å². The minimum Gasteiger partial charge on any atom is -0.481 e. The Bertz CT molecular complexity index is 345. The van der Waals surface area contributed by atoms with Crippen molar-refractivity contribution < 1.29 is 14.7 Å². The summed E-state index contributed by atoms with van der Waals surface area (Å²) in [6.07, 6.45) is 3.74. The number of hydrogen-bond acceptors (Lipinski definition) is 3. The number of rotatable bonds is 5. The van der Waals surface area contributed by atoms with Crippen LogP contribution in [0.5, 0.6) is 0 Å². The Kier molecular flexibility index (Phi) is 4.45. The molecule has 1 saturated heterocycles. The van der Waals surface area contributed by atoms with Gasteiger partial charge in [0.05, 0.1) is 5.41 Å². The predicted molar refractivity (Wildman–Crippen MR) is 71.7 cm³/mol. The summed E-state index contributed by atoms with van der Waals surface area (Å²) in [6, 6.07) is 0. The molecule has 0 spiro atoms. The second-order valence-corrected chi connectivity index (χ2v) is 6.27. The van der Waals surface area contributed by atoms with Crippen molar-refractivity contribution in [3.05, 3.63) is 0 Å². The molecule has 1 heterocycles. The summed E-state index contributed by atoms with van der Waals surface area (Å²) in [5.74, 6) is 0.257. The van der Waals surface area contributed by atoms with Crippen molar-refractivity contribution in [1.29, 1.82) is 0 Å². The third-order valence-electron chi connectivity index (χ3n) is 4.65. The molecule has 1 amide bonds. The van der Waals surface area contributed by atoms with E-state index in [1.54, 1.807) is 0 Å². The molecule has 2 aliphatic rings. The van der Waals surface area contributed by atoms with Crippen LogP contribution in [0, 0.1) is 17.3 Å². The third kappa shape index (κ3) is 3.47. The van der Waals surface area contributed by atoms with Crippen LogP contribution in [0.1, 0.15) is 39.0 Å². The molecule has 108 valence electrons. The fourth-order valence-electron chi connectivity index (χ4n) is 2.88. The molecular formula is C14H24N2O3. The summed E-state index contributed by atoms with van der Waals surface area (Å²) < 4.78 is 0. The lowest BCUT2D eigenvalue weighted by molar-refractivity contribution is -0.151. The Labute approximate surface area is 114 Å². The number of carboxylic acids is 1. The summed E-state index contributed by atoms with van der Waals surface area (Å²) >= 11 is 0. The number of aliphatic carboxylic acids is 1. The first-order valence-corrected chi connectivity index (χ1v) is 7.23. The van der Waals surface area contributed by atoms with Crippen LogP contribution in [0.4, 0.5) is 0 Å². The highest BCUT2D eigenvalue weighted by Crippen LogP contribution is 2.38. The van der Waals surface area contributed by atoms with Gasteiger partial charge in [0, 0.05) is 13.0 Å². The Morgan fingerprint density at radius 2 is 1.95 bits per heavy atom. The van der Waals surface area contributed by atoms with E-state index in [-0.39, 0.29) is 12.5 Å². The van der Waals surface area contributed by atoms with E-state index in [1.165, 1.54) is 0 Å². The predicted octanol–water partition coefficient (Wildman–Crippen LogP) is 0.993. The van der Waals surface area contributed by atoms with Gasteiger partial charge in [-0.2, -0.15) is 0 Å². The van der Waals surface area contributed by atoms with Gasteiger partial charge in [0.2, 0.25) is 5.91 Å². The topological polar surface area (TPSA) is 78.4 Å². The van der Waals surface area contributed by atoms with Gasteiger partial charge in [-0.05, 0) is 50.6 Å². The van der Waals surface area contributed by atoms with E-state index < -0.39 is 11.4 Å². The van der Waals surface area contributed by atoms with Crippen LogP contribution >= 0.6 is 0 Å². The number of carbonyl (C=O) groups excluding carboxylic acids is 1. The van der Waals surface area contributed by atoms with E-state index in [9.17, 15) is 14.7 Å². The van der Waals surface area contributed by atoms with E-state index in [0.717, 1.165) is 25.9 Å². The first-order chi connectivity index (χ1) is 9.02. The zero-order valence-electron chi connectivity index (χ0n) is 11.6. The molecule has 0 bridgehead atoms. The molecule has 1 aliphatic carbocycles. The van der Waals surface area contributed by atoms with Gasteiger partial charge in [0.1, 0.15) is 0 Å². The van der Waals surface area contributed by atoms with Crippen LogP contribution < -0.4 is 10.6 Å². The second-order valence-electron chi connectivity index (χ2n) is 6.27. The van der Waals surface area contributed by atoms with Crippen LogP contribution in [0.25, 0.3) is 0 Å². The molecule has 0 atom stereocenters. The van der Waals surface area contributed by atoms with Gasteiger partial charge in [-0.1, -0.05) is 6.92 Å². The average molecular weight is 268 g/mol. The van der Waals surface area contributed by atoms with Gasteiger partial charge in [-0.25, -0.2) is 0 Å². The molecule has 5 heteroatoms. The van der Waals surface area contributed by atoms with Crippen molar-refractivity contribution in [3.8, 4) is 0 Å². The molecule has 0 radical (unpaired) electrons. The Balaban J connectivity index is 1.83. The Morgan fingerprint density at radius 1 is 1.32 bits per heavy atom. The van der Waals surface area contributed by atoms with Gasteiger partial charge in [0.25, 0.3) is 0 Å². The van der Waals surface area contributed by atoms with Crippen molar-refractivity contribution in [2.75, 3.05) is 19.6 Å². The maximum absolute atomic E-state index is 11.8. The molecule has 5 nitrogen and oxygen atoms in total. The zero-order chi connectivity index (χ0) is 13.9. The Morgan fingerprint density at radius 3 is 2.42 bits per heavy atom. The van der Waals surface area contributed by atoms with E-state index in [0.29, 0.717) is 31.1 Å². The quantitative estimate of drug-likeness (QED) is 0.695. The monoisotopic (exact) mass is 268 g/mol.